The lowest BCUT2D eigenvalue weighted by atomic mass is 10.2. The number of ether oxygens (including phenoxy) is 1. The summed E-state index contributed by atoms with van der Waals surface area (Å²) < 4.78 is 7.83. The number of fused-ring (bicyclic) bond motifs is 1. The second kappa shape index (κ2) is 5.41. The third-order valence-electron chi connectivity index (χ3n) is 4.65. The van der Waals surface area contributed by atoms with E-state index in [0.29, 0.717) is 12.6 Å². The Morgan fingerprint density at radius 1 is 1.35 bits per heavy atom. The van der Waals surface area contributed by atoms with E-state index in [2.05, 4.69) is 16.6 Å². The lowest BCUT2D eigenvalue weighted by Crippen LogP contribution is -2.09. The smallest absolute Gasteiger partial charge is 0.177 e. The van der Waals surface area contributed by atoms with Crippen LogP contribution in [0.25, 0.3) is 22.6 Å². The first-order valence-corrected chi connectivity index (χ1v) is 8.36. The Labute approximate surface area is 135 Å². The van der Waals surface area contributed by atoms with E-state index in [1.807, 2.05) is 38.1 Å². The average molecular weight is 310 g/mol. The first-order valence-electron chi connectivity index (χ1n) is 8.36. The van der Waals surface area contributed by atoms with Crippen LogP contribution in [0.15, 0.2) is 24.3 Å². The summed E-state index contributed by atoms with van der Waals surface area (Å²) in [6, 6.07) is 8.43. The van der Waals surface area contributed by atoms with Crippen LogP contribution in [0.4, 0.5) is 0 Å². The Morgan fingerprint density at radius 2 is 2.13 bits per heavy atom. The lowest BCUT2D eigenvalue weighted by molar-refractivity contribution is 0.341. The zero-order valence-electron chi connectivity index (χ0n) is 13.8. The molecule has 23 heavy (non-hydrogen) atoms. The molecular weight excluding hydrogens is 288 g/mol. The molecule has 2 aromatic heterocycles. The van der Waals surface area contributed by atoms with Crippen molar-refractivity contribution in [2.45, 2.75) is 39.7 Å². The molecule has 1 fully saturated rings. The van der Waals surface area contributed by atoms with Gasteiger partial charge in [0, 0.05) is 0 Å². The van der Waals surface area contributed by atoms with Crippen LogP contribution in [-0.2, 0) is 0 Å². The van der Waals surface area contributed by atoms with Crippen molar-refractivity contribution in [2.24, 2.45) is 5.92 Å². The number of benzene rings is 1. The van der Waals surface area contributed by atoms with E-state index in [-0.39, 0.29) is 0 Å². The van der Waals surface area contributed by atoms with Crippen molar-refractivity contribution in [3.05, 3.63) is 30.0 Å². The third kappa shape index (κ3) is 2.40. The number of nitrogens with one attached hydrogen (secondary N) is 1. The molecule has 1 saturated carbocycles. The highest BCUT2D eigenvalue weighted by atomic mass is 16.5. The Bertz CT molecular complexity index is 844. The predicted molar refractivity (Wildman–Crippen MR) is 90.7 cm³/mol. The highest BCUT2D eigenvalue weighted by molar-refractivity contribution is 5.80. The molecule has 4 rings (SSSR count). The van der Waals surface area contributed by atoms with E-state index in [0.717, 1.165) is 39.9 Å². The highest BCUT2D eigenvalue weighted by Crippen LogP contribution is 2.40. The minimum Gasteiger partial charge on any atom is -0.493 e. The summed E-state index contributed by atoms with van der Waals surface area (Å²) in [6.07, 6.45) is 2.60. The minimum atomic E-state index is 0.407. The molecule has 0 spiro atoms. The Hall–Kier alpha value is -2.30. The van der Waals surface area contributed by atoms with Gasteiger partial charge in [-0.2, -0.15) is 5.10 Å². The Balaban J connectivity index is 1.82. The molecule has 1 aliphatic rings. The lowest BCUT2D eigenvalue weighted by Gasteiger charge is -2.10. The van der Waals surface area contributed by atoms with E-state index < -0.39 is 0 Å². The standard InChI is InChI=1S/C18H22N4O/c1-4-23-15-8-6-5-7-14(15)17-19-16-11(2)21-22(18(16)20-17)12(3)13-9-10-13/h5-8,12-13H,4,9-10H2,1-3H3,(H,19,20)/t12-/m0/s1. The second-order valence-corrected chi connectivity index (χ2v) is 6.32. The van der Waals surface area contributed by atoms with Crippen LogP contribution in [0, 0.1) is 12.8 Å². The van der Waals surface area contributed by atoms with Gasteiger partial charge in [0.05, 0.1) is 23.9 Å². The van der Waals surface area contributed by atoms with Crippen molar-refractivity contribution in [3.8, 4) is 17.1 Å². The third-order valence-corrected chi connectivity index (χ3v) is 4.65. The summed E-state index contributed by atoms with van der Waals surface area (Å²) in [5.41, 5.74) is 3.97. The summed E-state index contributed by atoms with van der Waals surface area (Å²) in [7, 11) is 0. The van der Waals surface area contributed by atoms with Crippen LogP contribution in [0.1, 0.15) is 38.4 Å². The maximum atomic E-state index is 5.74. The predicted octanol–water partition coefficient (Wildman–Crippen LogP) is 4.10. The van der Waals surface area contributed by atoms with Crippen molar-refractivity contribution in [1.82, 2.24) is 19.7 Å². The van der Waals surface area contributed by atoms with Gasteiger partial charge in [0.25, 0.3) is 0 Å². The van der Waals surface area contributed by atoms with Crippen LogP contribution < -0.4 is 4.74 Å². The van der Waals surface area contributed by atoms with Gasteiger partial charge in [-0.05, 0) is 51.7 Å². The number of para-hydroxylation sites is 1. The summed E-state index contributed by atoms with van der Waals surface area (Å²) in [5, 5.41) is 4.70. The fourth-order valence-corrected chi connectivity index (χ4v) is 3.17. The molecule has 0 unspecified atom stereocenters. The number of rotatable bonds is 5. The van der Waals surface area contributed by atoms with E-state index in [1.165, 1.54) is 12.8 Å². The monoisotopic (exact) mass is 310 g/mol. The molecular formula is C18H22N4O. The molecule has 5 nitrogen and oxygen atoms in total. The molecule has 1 aliphatic carbocycles. The van der Waals surface area contributed by atoms with Gasteiger partial charge in [0.15, 0.2) is 5.65 Å². The Morgan fingerprint density at radius 3 is 2.87 bits per heavy atom. The molecule has 1 N–H and O–H groups in total. The van der Waals surface area contributed by atoms with Gasteiger partial charge in [-0.3, -0.25) is 0 Å². The molecule has 1 atom stereocenters. The van der Waals surface area contributed by atoms with Crippen molar-refractivity contribution < 1.29 is 4.74 Å². The van der Waals surface area contributed by atoms with Crippen molar-refractivity contribution in [3.63, 3.8) is 0 Å². The quantitative estimate of drug-likeness (QED) is 0.771. The molecule has 1 aromatic carbocycles. The van der Waals surface area contributed by atoms with E-state index in [9.17, 15) is 0 Å². The number of aromatic nitrogens is 4. The van der Waals surface area contributed by atoms with Crippen molar-refractivity contribution in [2.75, 3.05) is 6.61 Å². The number of imidazole rings is 1. The van der Waals surface area contributed by atoms with Crippen LogP contribution in [0.2, 0.25) is 0 Å². The molecule has 0 radical (unpaired) electrons. The maximum Gasteiger partial charge on any atom is 0.177 e. The zero-order valence-corrected chi connectivity index (χ0v) is 13.8. The summed E-state index contributed by atoms with van der Waals surface area (Å²) in [5.74, 6) is 2.45. The number of aryl methyl sites for hydroxylation is 1. The van der Waals surface area contributed by atoms with Crippen LogP contribution in [0.5, 0.6) is 5.75 Å². The van der Waals surface area contributed by atoms with Crippen molar-refractivity contribution >= 4 is 11.2 Å². The number of hydrogen-bond acceptors (Lipinski definition) is 3. The first-order chi connectivity index (χ1) is 11.2. The summed E-state index contributed by atoms with van der Waals surface area (Å²) in [4.78, 5) is 8.28. The molecule has 0 saturated heterocycles. The highest BCUT2D eigenvalue weighted by Gasteiger charge is 2.31. The number of hydrogen-bond donors (Lipinski definition) is 1. The Kier molecular flexibility index (Phi) is 3.36. The molecule has 120 valence electrons. The maximum absolute atomic E-state index is 5.74. The van der Waals surface area contributed by atoms with Crippen LogP contribution in [-0.4, -0.2) is 26.4 Å². The molecule has 0 bridgehead atoms. The summed E-state index contributed by atoms with van der Waals surface area (Å²) in [6.45, 7) is 6.92. The van der Waals surface area contributed by atoms with Crippen molar-refractivity contribution in [1.29, 1.82) is 0 Å². The van der Waals surface area contributed by atoms with Gasteiger partial charge >= 0.3 is 0 Å². The van der Waals surface area contributed by atoms with Gasteiger partial charge < -0.3 is 9.72 Å². The van der Waals surface area contributed by atoms with Gasteiger partial charge in [0.1, 0.15) is 17.1 Å². The van der Waals surface area contributed by atoms with E-state index >= 15 is 0 Å². The van der Waals surface area contributed by atoms with Gasteiger partial charge in [-0.1, -0.05) is 12.1 Å². The molecule has 0 aliphatic heterocycles. The normalized spacial score (nSPS) is 16.0. The number of aromatic amines is 1. The fraction of sp³-hybridized carbons (Fsp3) is 0.444. The van der Waals surface area contributed by atoms with E-state index in [1.54, 1.807) is 0 Å². The van der Waals surface area contributed by atoms with Crippen LogP contribution in [0.3, 0.4) is 0 Å². The van der Waals surface area contributed by atoms with Gasteiger partial charge in [-0.15, -0.1) is 0 Å². The molecule has 2 heterocycles. The van der Waals surface area contributed by atoms with Gasteiger partial charge in [0.2, 0.25) is 0 Å². The first kappa shape index (κ1) is 14.3. The number of nitrogens with zero attached hydrogens (tertiary/aromatic N) is 3. The SMILES string of the molecule is CCOc1ccccc1-c1nc2c([nH]1)c(C)nn2[C@@H](C)C1CC1. The number of H-pyrrole nitrogens is 1. The van der Waals surface area contributed by atoms with E-state index in [4.69, 9.17) is 14.8 Å². The molecule has 0 amide bonds. The molecule has 5 heteroatoms. The largest absolute Gasteiger partial charge is 0.493 e. The topological polar surface area (TPSA) is 55.7 Å². The fourth-order valence-electron chi connectivity index (χ4n) is 3.17. The minimum absolute atomic E-state index is 0.407. The van der Waals surface area contributed by atoms with Crippen LogP contribution >= 0.6 is 0 Å². The summed E-state index contributed by atoms with van der Waals surface area (Å²) >= 11 is 0. The average Bonchev–Trinajstić information content (AvgIpc) is 3.24. The van der Waals surface area contributed by atoms with Gasteiger partial charge in [-0.25, -0.2) is 9.67 Å². The zero-order chi connectivity index (χ0) is 16.0. The molecule has 3 aromatic rings. The second-order valence-electron chi connectivity index (χ2n) is 6.32.